The minimum Gasteiger partial charge on any atom is -0.340 e. The zero-order valence-corrected chi connectivity index (χ0v) is 13.2. The van der Waals surface area contributed by atoms with Gasteiger partial charge in [-0.1, -0.05) is 6.92 Å². The average molecular weight is 311 g/mol. The van der Waals surface area contributed by atoms with Gasteiger partial charge in [0.15, 0.2) is 0 Å². The number of fused-ring (bicyclic) bond motifs is 1. The van der Waals surface area contributed by atoms with E-state index in [1.807, 2.05) is 12.4 Å². The minimum atomic E-state index is -3.35. The zero-order chi connectivity index (χ0) is 15.0. The van der Waals surface area contributed by atoms with Crippen LogP contribution in [-0.2, 0) is 20.7 Å². The van der Waals surface area contributed by atoms with Crippen LogP contribution in [0, 0.1) is 11.8 Å². The quantitative estimate of drug-likeness (QED) is 0.779. The number of anilines is 1. The van der Waals surface area contributed by atoms with E-state index in [1.165, 1.54) is 0 Å². The van der Waals surface area contributed by atoms with Gasteiger partial charge in [-0.05, 0) is 36.7 Å². The van der Waals surface area contributed by atoms with E-state index < -0.39 is 10.1 Å². The molecule has 3 atom stereocenters. The first kappa shape index (κ1) is 14.7. The lowest BCUT2D eigenvalue weighted by Gasteiger charge is -2.18. The van der Waals surface area contributed by atoms with Gasteiger partial charge in [-0.25, -0.2) is 9.97 Å². The summed E-state index contributed by atoms with van der Waals surface area (Å²) in [6, 6.07) is 0. The third-order valence-electron chi connectivity index (χ3n) is 4.40. The molecule has 6 nitrogen and oxygen atoms in total. The molecule has 2 heterocycles. The van der Waals surface area contributed by atoms with E-state index in [4.69, 9.17) is 4.18 Å². The number of nitrogens with zero attached hydrogens (tertiary/aromatic N) is 3. The minimum absolute atomic E-state index is 0.152. The molecule has 0 N–H and O–H groups in total. The van der Waals surface area contributed by atoms with E-state index >= 15 is 0 Å². The van der Waals surface area contributed by atoms with Crippen LogP contribution in [0.5, 0.6) is 0 Å². The number of aryl methyl sites for hydroxylation is 1. The Bertz CT molecular complexity index is 588. The first-order valence-corrected chi connectivity index (χ1v) is 9.20. The summed E-state index contributed by atoms with van der Waals surface area (Å²) in [5.41, 5.74) is 1.14. The third-order valence-corrected chi connectivity index (χ3v) is 5.02. The predicted molar refractivity (Wildman–Crippen MR) is 79.6 cm³/mol. The summed E-state index contributed by atoms with van der Waals surface area (Å²) in [4.78, 5) is 11.0. The first-order chi connectivity index (χ1) is 9.94. The van der Waals surface area contributed by atoms with Crippen LogP contribution in [-0.4, -0.2) is 43.8 Å². The Balaban J connectivity index is 1.61. The number of aromatic nitrogens is 2. The maximum Gasteiger partial charge on any atom is 0.264 e. The standard InChI is InChI=1S/C14H21N3O3S/c1-3-10-6-15-14(16-7-10)17-8-11-4-13(5-12(11)9-17)20-21(2,18)19/h6-7,11-13H,3-5,8-9H2,1-2H3/t11-,12+,13?. The Kier molecular flexibility index (Phi) is 3.88. The van der Waals surface area contributed by atoms with Crippen LogP contribution in [0.2, 0.25) is 0 Å². The Labute approximate surface area is 125 Å². The first-order valence-electron chi connectivity index (χ1n) is 7.38. The molecule has 3 rings (SSSR count). The highest BCUT2D eigenvalue weighted by Crippen LogP contribution is 2.40. The highest BCUT2D eigenvalue weighted by molar-refractivity contribution is 7.86. The molecule has 7 heteroatoms. The van der Waals surface area contributed by atoms with Crippen molar-refractivity contribution in [3.63, 3.8) is 0 Å². The molecule has 0 bridgehead atoms. The van der Waals surface area contributed by atoms with Crippen molar-refractivity contribution in [3.8, 4) is 0 Å². The summed E-state index contributed by atoms with van der Waals surface area (Å²) >= 11 is 0. The summed E-state index contributed by atoms with van der Waals surface area (Å²) in [5, 5.41) is 0. The Hall–Kier alpha value is -1.21. The van der Waals surface area contributed by atoms with Gasteiger partial charge in [-0.2, -0.15) is 8.42 Å². The van der Waals surface area contributed by atoms with Crippen LogP contribution in [0.3, 0.4) is 0 Å². The fourth-order valence-electron chi connectivity index (χ4n) is 3.43. The number of rotatable bonds is 4. The molecule has 0 radical (unpaired) electrons. The van der Waals surface area contributed by atoms with Gasteiger partial charge >= 0.3 is 0 Å². The maximum absolute atomic E-state index is 11.2. The van der Waals surface area contributed by atoms with Crippen molar-refractivity contribution in [1.82, 2.24) is 9.97 Å². The van der Waals surface area contributed by atoms with Gasteiger partial charge in [0.2, 0.25) is 5.95 Å². The Morgan fingerprint density at radius 3 is 2.29 bits per heavy atom. The smallest absolute Gasteiger partial charge is 0.264 e. The molecular formula is C14H21N3O3S. The van der Waals surface area contributed by atoms with Crippen LogP contribution in [0.4, 0.5) is 5.95 Å². The molecule has 0 aromatic carbocycles. The van der Waals surface area contributed by atoms with E-state index in [0.29, 0.717) is 11.8 Å². The number of hydrogen-bond acceptors (Lipinski definition) is 6. The molecule has 2 fully saturated rings. The third kappa shape index (κ3) is 3.35. The summed E-state index contributed by atoms with van der Waals surface area (Å²) in [6.45, 7) is 3.86. The van der Waals surface area contributed by atoms with E-state index in [2.05, 4.69) is 21.8 Å². The van der Waals surface area contributed by atoms with Crippen molar-refractivity contribution < 1.29 is 12.6 Å². The van der Waals surface area contributed by atoms with E-state index in [9.17, 15) is 8.42 Å². The Morgan fingerprint density at radius 2 is 1.81 bits per heavy atom. The largest absolute Gasteiger partial charge is 0.340 e. The van der Waals surface area contributed by atoms with Crippen molar-refractivity contribution in [1.29, 1.82) is 0 Å². The van der Waals surface area contributed by atoms with Crippen LogP contribution >= 0.6 is 0 Å². The summed E-state index contributed by atoms with van der Waals surface area (Å²) in [6.07, 6.45) is 7.29. The van der Waals surface area contributed by atoms with Crippen LogP contribution < -0.4 is 4.90 Å². The molecule has 1 aromatic rings. The van der Waals surface area contributed by atoms with E-state index in [-0.39, 0.29) is 6.10 Å². The topological polar surface area (TPSA) is 72.4 Å². The molecule has 1 saturated carbocycles. The van der Waals surface area contributed by atoms with Crippen molar-refractivity contribution >= 4 is 16.1 Å². The molecule has 1 saturated heterocycles. The summed E-state index contributed by atoms with van der Waals surface area (Å²) < 4.78 is 27.5. The second kappa shape index (κ2) is 5.53. The maximum atomic E-state index is 11.2. The normalized spacial score (nSPS) is 28.9. The van der Waals surface area contributed by atoms with Crippen molar-refractivity contribution in [2.75, 3.05) is 24.2 Å². The summed E-state index contributed by atoms with van der Waals surface area (Å²) in [5.74, 6) is 1.74. The van der Waals surface area contributed by atoms with Gasteiger partial charge in [-0.3, -0.25) is 4.18 Å². The second-order valence-electron chi connectivity index (χ2n) is 6.06. The van der Waals surface area contributed by atoms with Crippen molar-refractivity contribution in [2.45, 2.75) is 32.3 Å². The molecule has 1 aliphatic heterocycles. The van der Waals surface area contributed by atoms with Gasteiger partial charge in [-0.15, -0.1) is 0 Å². The molecule has 1 aromatic heterocycles. The highest BCUT2D eigenvalue weighted by Gasteiger charge is 2.43. The molecule has 0 spiro atoms. The fraction of sp³-hybridized carbons (Fsp3) is 0.714. The summed E-state index contributed by atoms with van der Waals surface area (Å²) in [7, 11) is -3.35. The molecule has 2 aliphatic rings. The molecular weight excluding hydrogens is 290 g/mol. The predicted octanol–water partition coefficient (Wildman–Crippen LogP) is 1.23. The number of hydrogen-bond donors (Lipinski definition) is 0. The van der Waals surface area contributed by atoms with Gasteiger partial charge < -0.3 is 4.90 Å². The zero-order valence-electron chi connectivity index (χ0n) is 12.4. The Morgan fingerprint density at radius 1 is 1.24 bits per heavy atom. The second-order valence-corrected chi connectivity index (χ2v) is 7.66. The van der Waals surface area contributed by atoms with Crippen LogP contribution in [0.1, 0.15) is 25.3 Å². The SMILES string of the molecule is CCc1cnc(N2C[C@H]3CC(OS(C)(=O)=O)C[C@H]3C2)nc1. The lowest BCUT2D eigenvalue weighted by atomic mass is 10.0. The van der Waals surface area contributed by atoms with Crippen LogP contribution in [0.25, 0.3) is 0 Å². The lowest BCUT2D eigenvalue weighted by Crippen LogP contribution is -2.25. The van der Waals surface area contributed by atoms with E-state index in [1.54, 1.807) is 0 Å². The van der Waals surface area contributed by atoms with Crippen LogP contribution in [0.15, 0.2) is 12.4 Å². The molecule has 1 unspecified atom stereocenters. The molecule has 21 heavy (non-hydrogen) atoms. The monoisotopic (exact) mass is 311 g/mol. The van der Waals surface area contributed by atoms with Gasteiger partial charge in [0, 0.05) is 25.5 Å². The van der Waals surface area contributed by atoms with Crippen molar-refractivity contribution in [2.24, 2.45) is 11.8 Å². The lowest BCUT2D eigenvalue weighted by molar-refractivity contribution is 0.210. The molecule has 1 aliphatic carbocycles. The fourth-order valence-corrected chi connectivity index (χ4v) is 4.08. The van der Waals surface area contributed by atoms with Gasteiger partial charge in [0.05, 0.1) is 12.4 Å². The highest BCUT2D eigenvalue weighted by atomic mass is 32.2. The average Bonchev–Trinajstić information content (AvgIpc) is 2.94. The van der Waals surface area contributed by atoms with Gasteiger partial charge in [0.25, 0.3) is 10.1 Å². The molecule has 0 amide bonds. The van der Waals surface area contributed by atoms with Gasteiger partial charge in [0.1, 0.15) is 0 Å². The van der Waals surface area contributed by atoms with E-state index in [0.717, 1.165) is 50.1 Å². The van der Waals surface area contributed by atoms with Crippen molar-refractivity contribution in [3.05, 3.63) is 18.0 Å². The molecule has 116 valence electrons.